The van der Waals surface area contributed by atoms with Crippen molar-refractivity contribution < 1.29 is 4.42 Å². The van der Waals surface area contributed by atoms with Crippen LogP contribution in [0.5, 0.6) is 0 Å². The molecule has 0 aliphatic rings. The van der Waals surface area contributed by atoms with Crippen molar-refractivity contribution in [2.45, 2.75) is 13.1 Å². The van der Waals surface area contributed by atoms with E-state index in [2.05, 4.69) is 21.2 Å². The maximum Gasteiger partial charge on any atom is 0.169 e. The first-order valence-corrected chi connectivity index (χ1v) is 6.11. The van der Waals surface area contributed by atoms with E-state index in [4.69, 9.17) is 16.0 Å². The van der Waals surface area contributed by atoms with Crippen LogP contribution in [-0.4, -0.2) is 0 Å². The topological polar surface area (TPSA) is 25.2 Å². The van der Waals surface area contributed by atoms with Crippen molar-refractivity contribution in [3.8, 4) is 0 Å². The Balaban J connectivity index is 1.87. The molecule has 0 bridgehead atoms. The zero-order valence-electron chi connectivity index (χ0n) is 8.54. The Morgan fingerprint density at radius 2 is 1.94 bits per heavy atom. The molecule has 0 saturated carbocycles. The molecule has 16 heavy (non-hydrogen) atoms. The van der Waals surface area contributed by atoms with Crippen LogP contribution >= 0.6 is 27.5 Å². The molecule has 0 aliphatic carbocycles. The predicted octanol–water partition coefficient (Wildman–Crippen LogP) is 3.99. The van der Waals surface area contributed by atoms with Gasteiger partial charge in [-0.25, -0.2) is 0 Å². The molecule has 84 valence electrons. The molecule has 0 radical (unpaired) electrons. The molecule has 1 aromatic heterocycles. The number of hydrogen-bond donors (Lipinski definition) is 1. The van der Waals surface area contributed by atoms with Gasteiger partial charge in [0.1, 0.15) is 5.76 Å². The molecule has 0 aliphatic heterocycles. The molecular formula is C12H11BrClNO. The highest BCUT2D eigenvalue weighted by atomic mass is 79.9. The van der Waals surface area contributed by atoms with Crippen molar-refractivity contribution in [3.05, 3.63) is 57.4 Å². The summed E-state index contributed by atoms with van der Waals surface area (Å²) in [6.07, 6.45) is 0. The first-order chi connectivity index (χ1) is 7.75. The highest BCUT2D eigenvalue weighted by molar-refractivity contribution is 9.10. The Kier molecular flexibility index (Phi) is 4.04. The summed E-state index contributed by atoms with van der Waals surface area (Å²) in [6.45, 7) is 1.43. The van der Waals surface area contributed by atoms with E-state index in [-0.39, 0.29) is 0 Å². The predicted molar refractivity (Wildman–Crippen MR) is 68.4 cm³/mol. The second kappa shape index (κ2) is 5.53. The van der Waals surface area contributed by atoms with Gasteiger partial charge in [0.15, 0.2) is 4.67 Å². The van der Waals surface area contributed by atoms with Crippen molar-refractivity contribution in [1.82, 2.24) is 5.32 Å². The number of furan rings is 1. The number of hydrogen-bond acceptors (Lipinski definition) is 2. The van der Waals surface area contributed by atoms with E-state index in [9.17, 15) is 0 Å². The summed E-state index contributed by atoms with van der Waals surface area (Å²) in [7, 11) is 0. The average molecular weight is 301 g/mol. The fourth-order valence-electron chi connectivity index (χ4n) is 1.41. The van der Waals surface area contributed by atoms with Crippen LogP contribution in [0.15, 0.2) is 45.5 Å². The smallest absolute Gasteiger partial charge is 0.169 e. The Morgan fingerprint density at radius 3 is 2.62 bits per heavy atom. The fourth-order valence-corrected chi connectivity index (χ4v) is 1.95. The van der Waals surface area contributed by atoms with Crippen LogP contribution in [-0.2, 0) is 13.1 Å². The highest BCUT2D eigenvalue weighted by Gasteiger charge is 2.01. The van der Waals surface area contributed by atoms with Gasteiger partial charge in [0, 0.05) is 11.6 Å². The minimum Gasteiger partial charge on any atom is -0.453 e. The summed E-state index contributed by atoms with van der Waals surface area (Å²) < 4.78 is 6.12. The van der Waals surface area contributed by atoms with Gasteiger partial charge in [0.25, 0.3) is 0 Å². The lowest BCUT2D eigenvalue weighted by atomic mass is 10.2. The van der Waals surface area contributed by atoms with Crippen molar-refractivity contribution >= 4 is 27.5 Å². The summed E-state index contributed by atoms with van der Waals surface area (Å²) in [4.78, 5) is 0. The van der Waals surface area contributed by atoms with Crippen LogP contribution in [0.2, 0.25) is 5.02 Å². The van der Waals surface area contributed by atoms with Crippen molar-refractivity contribution in [2.75, 3.05) is 0 Å². The van der Waals surface area contributed by atoms with Crippen LogP contribution in [0.25, 0.3) is 0 Å². The van der Waals surface area contributed by atoms with E-state index in [1.54, 1.807) is 0 Å². The Bertz CT molecular complexity index is 470. The molecular weight excluding hydrogens is 289 g/mol. The second-order valence-corrected chi connectivity index (χ2v) is 4.59. The molecule has 2 rings (SSSR count). The Morgan fingerprint density at radius 1 is 1.12 bits per heavy atom. The third-order valence-corrected chi connectivity index (χ3v) is 3.00. The van der Waals surface area contributed by atoms with E-state index in [1.165, 1.54) is 0 Å². The maximum atomic E-state index is 6.04. The molecule has 0 saturated heterocycles. The van der Waals surface area contributed by atoms with E-state index < -0.39 is 0 Å². The number of halogens is 2. The van der Waals surface area contributed by atoms with Gasteiger partial charge in [-0.3, -0.25) is 0 Å². The Labute approximate surface area is 108 Å². The van der Waals surface area contributed by atoms with Crippen LogP contribution in [0, 0.1) is 0 Å². The molecule has 1 aromatic carbocycles. The van der Waals surface area contributed by atoms with Gasteiger partial charge in [0.05, 0.1) is 6.54 Å². The summed E-state index contributed by atoms with van der Waals surface area (Å²) in [6, 6.07) is 11.6. The zero-order valence-corrected chi connectivity index (χ0v) is 10.9. The van der Waals surface area contributed by atoms with Crippen molar-refractivity contribution in [2.24, 2.45) is 0 Å². The second-order valence-electron chi connectivity index (χ2n) is 3.40. The molecule has 2 nitrogen and oxygen atoms in total. The van der Waals surface area contributed by atoms with E-state index in [1.807, 2.05) is 36.4 Å². The summed E-state index contributed by atoms with van der Waals surface area (Å²) in [5, 5.41) is 4.06. The number of benzene rings is 1. The van der Waals surface area contributed by atoms with Crippen molar-refractivity contribution in [1.29, 1.82) is 0 Å². The monoisotopic (exact) mass is 299 g/mol. The molecule has 0 unspecified atom stereocenters. The molecule has 2 aromatic rings. The van der Waals surface area contributed by atoms with Gasteiger partial charge in [-0.1, -0.05) is 29.8 Å². The van der Waals surface area contributed by atoms with Gasteiger partial charge >= 0.3 is 0 Å². The normalized spacial score (nSPS) is 10.6. The van der Waals surface area contributed by atoms with Gasteiger partial charge in [-0.2, -0.15) is 0 Å². The molecule has 0 atom stereocenters. The van der Waals surface area contributed by atoms with Crippen molar-refractivity contribution in [3.63, 3.8) is 0 Å². The molecule has 1 N–H and O–H groups in total. The van der Waals surface area contributed by atoms with Crippen LogP contribution < -0.4 is 5.32 Å². The number of nitrogens with one attached hydrogen (secondary N) is 1. The van der Waals surface area contributed by atoms with E-state index in [0.717, 1.165) is 27.6 Å². The summed E-state index contributed by atoms with van der Waals surface area (Å²) in [5.41, 5.74) is 1.09. The van der Waals surface area contributed by atoms with Gasteiger partial charge in [-0.05, 0) is 39.7 Å². The SMILES string of the molecule is Clc1ccccc1CNCc1ccc(Br)o1. The molecule has 0 amide bonds. The van der Waals surface area contributed by atoms with Crippen LogP contribution in [0.4, 0.5) is 0 Å². The molecule has 1 heterocycles. The third kappa shape index (κ3) is 3.11. The summed E-state index contributed by atoms with van der Waals surface area (Å²) in [5.74, 6) is 0.902. The average Bonchev–Trinajstić information content (AvgIpc) is 2.67. The fraction of sp³-hybridized carbons (Fsp3) is 0.167. The molecule has 4 heteroatoms. The lowest BCUT2D eigenvalue weighted by Gasteiger charge is -2.04. The Hall–Kier alpha value is -0.770. The van der Waals surface area contributed by atoms with E-state index in [0.29, 0.717) is 6.54 Å². The first-order valence-electron chi connectivity index (χ1n) is 4.94. The zero-order chi connectivity index (χ0) is 11.4. The van der Waals surface area contributed by atoms with E-state index >= 15 is 0 Å². The third-order valence-electron chi connectivity index (χ3n) is 2.20. The molecule has 0 fully saturated rings. The quantitative estimate of drug-likeness (QED) is 0.924. The van der Waals surface area contributed by atoms with Gasteiger partial charge in [-0.15, -0.1) is 0 Å². The first kappa shape index (κ1) is 11.7. The lowest BCUT2D eigenvalue weighted by molar-refractivity contribution is 0.465. The summed E-state index contributed by atoms with van der Waals surface area (Å²) >= 11 is 9.30. The largest absolute Gasteiger partial charge is 0.453 e. The lowest BCUT2D eigenvalue weighted by Crippen LogP contribution is -2.12. The standard InChI is InChI=1S/C12H11BrClNO/c13-12-6-5-10(16-12)8-15-7-9-3-1-2-4-11(9)14/h1-6,15H,7-8H2. The highest BCUT2D eigenvalue weighted by Crippen LogP contribution is 2.16. The van der Waals surface area contributed by atoms with Gasteiger partial charge in [0.2, 0.25) is 0 Å². The molecule has 0 spiro atoms. The van der Waals surface area contributed by atoms with Gasteiger partial charge < -0.3 is 9.73 Å². The van der Waals surface area contributed by atoms with Crippen LogP contribution in [0.3, 0.4) is 0 Å². The minimum absolute atomic E-state index is 0.691. The minimum atomic E-state index is 0.691. The maximum absolute atomic E-state index is 6.04. The van der Waals surface area contributed by atoms with Crippen LogP contribution in [0.1, 0.15) is 11.3 Å². The number of rotatable bonds is 4.